The van der Waals surface area contributed by atoms with E-state index in [0.717, 1.165) is 48.1 Å². The average Bonchev–Trinajstić information content (AvgIpc) is 2.97. The molecule has 150 valence electrons. The van der Waals surface area contributed by atoms with Gasteiger partial charge in [-0.15, -0.1) is 0 Å². The van der Waals surface area contributed by atoms with Crippen molar-refractivity contribution in [1.29, 1.82) is 0 Å². The Morgan fingerprint density at radius 2 is 2.04 bits per heavy atom. The van der Waals surface area contributed by atoms with E-state index in [2.05, 4.69) is 27.3 Å². The second-order valence-electron chi connectivity index (χ2n) is 7.49. The number of fused-ring (bicyclic) bond motifs is 2. The molecule has 1 fully saturated rings. The number of carbonyl (C=O) groups excluding carboxylic acids is 1. The van der Waals surface area contributed by atoms with Gasteiger partial charge in [-0.25, -0.2) is 4.99 Å². The van der Waals surface area contributed by atoms with Crippen LogP contribution in [0, 0.1) is 6.92 Å². The van der Waals surface area contributed by atoms with Gasteiger partial charge in [0.1, 0.15) is 17.4 Å². The molecule has 1 aliphatic heterocycles. The van der Waals surface area contributed by atoms with Crippen molar-refractivity contribution in [2.75, 3.05) is 19.5 Å². The molecule has 28 heavy (non-hydrogen) atoms. The van der Waals surface area contributed by atoms with Crippen LogP contribution in [0.1, 0.15) is 60.5 Å². The number of amidine groups is 1. The highest BCUT2D eigenvalue weighted by molar-refractivity contribution is 6.10. The number of aryl methyl sites for hydroxylation is 1. The van der Waals surface area contributed by atoms with E-state index >= 15 is 0 Å². The Labute approximate surface area is 166 Å². The first-order valence-corrected chi connectivity index (χ1v) is 9.60. The van der Waals surface area contributed by atoms with Crippen molar-refractivity contribution in [3.05, 3.63) is 34.2 Å². The quantitative estimate of drug-likeness (QED) is 0.549. The van der Waals surface area contributed by atoms with Gasteiger partial charge in [0.05, 0.1) is 23.9 Å². The van der Waals surface area contributed by atoms with E-state index in [1.165, 1.54) is 6.42 Å². The molecule has 1 spiro atoms. The lowest BCUT2D eigenvalue weighted by Crippen LogP contribution is -2.41. The summed E-state index contributed by atoms with van der Waals surface area (Å²) in [5.41, 5.74) is 9.62. The van der Waals surface area contributed by atoms with Crippen LogP contribution in [0.3, 0.4) is 0 Å². The number of hydrogen-bond acceptors (Lipinski definition) is 5. The molecular weight excluding hydrogens is 354 g/mol. The summed E-state index contributed by atoms with van der Waals surface area (Å²) in [6.07, 6.45) is 5.21. The molecule has 0 atom stereocenters. The van der Waals surface area contributed by atoms with Crippen molar-refractivity contribution < 1.29 is 9.53 Å². The van der Waals surface area contributed by atoms with Gasteiger partial charge in [0.15, 0.2) is 0 Å². The zero-order valence-corrected chi connectivity index (χ0v) is 17.1. The first kappa shape index (κ1) is 19.9. The van der Waals surface area contributed by atoms with Crippen molar-refractivity contribution in [2.45, 2.75) is 51.5 Å². The third-order valence-electron chi connectivity index (χ3n) is 5.83. The molecule has 1 saturated carbocycles. The SMILES string of the molecule is C=N/C(N)=C(C)\C(=N/C)Nc1cc(C)c2c(c1OC)C1(CCCCC1)NC2=O. The third-order valence-corrected chi connectivity index (χ3v) is 5.83. The topological polar surface area (TPSA) is 101 Å². The zero-order chi connectivity index (χ0) is 20.5. The number of carbonyl (C=O) groups is 1. The van der Waals surface area contributed by atoms with Crippen LogP contribution in [0.5, 0.6) is 5.75 Å². The first-order chi connectivity index (χ1) is 13.4. The molecule has 0 saturated heterocycles. The summed E-state index contributed by atoms with van der Waals surface area (Å²) in [4.78, 5) is 20.9. The number of ether oxygens (including phenoxy) is 1. The Morgan fingerprint density at radius 1 is 1.36 bits per heavy atom. The minimum Gasteiger partial charge on any atom is -0.494 e. The van der Waals surface area contributed by atoms with E-state index in [4.69, 9.17) is 10.5 Å². The number of amides is 1. The molecule has 2 aliphatic rings. The van der Waals surface area contributed by atoms with Crippen LogP contribution in [-0.4, -0.2) is 32.6 Å². The molecule has 0 radical (unpaired) electrons. The highest BCUT2D eigenvalue weighted by Gasteiger charge is 2.47. The maximum atomic E-state index is 12.8. The average molecular weight is 383 g/mol. The summed E-state index contributed by atoms with van der Waals surface area (Å²) in [6, 6.07) is 1.93. The van der Waals surface area contributed by atoms with Gasteiger partial charge < -0.3 is 21.1 Å². The molecule has 7 nitrogen and oxygen atoms in total. The lowest BCUT2D eigenvalue weighted by Gasteiger charge is -2.35. The second kappa shape index (κ2) is 7.66. The summed E-state index contributed by atoms with van der Waals surface area (Å²) < 4.78 is 5.84. The monoisotopic (exact) mass is 383 g/mol. The minimum absolute atomic E-state index is 0.0141. The van der Waals surface area contributed by atoms with Gasteiger partial charge in [-0.2, -0.15) is 0 Å². The smallest absolute Gasteiger partial charge is 0.252 e. The molecule has 1 aliphatic carbocycles. The maximum absolute atomic E-state index is 12.8. The van der Waals surface area contributed by atoms with E-state index < -0.39 is 0 Å². The maximum Gasteiger partial charge on any atom is 0.252 e. The number of anilines is 1. The summed E-state index contributed by atoms with van der Waals surface area (Å²) in [5, 5.41) is 6.60. The van der Waals surface area contributed by atoms with Crippen LogP contribution in [0.4, 0.5) is 5.69 Å². The number of methoxy groups -OCH3 is 1. The Kier molecular flexibility index (Phi) is 5.45. The standard InChI is InChI=1S/C21H29N5O2/c1-12-11-14(25-19(24-4)13(2)18(22)23-3)17(28-5)16-15(12)20(27)26-21(16)9-7-6-8-10-21/h11H,3,6-10,22H2,1-2,4-5H3,(H,24,25)(H,26,27)/b18-13-. The number of nitrogens with zero attached hydrogens (tertiary/aromatic N) is 2. The van der Waals surface area contributed by atoms with Gasteiger partial charge in [0, 0.05) is 18.2 Å². The number of benzene rings is 1. The highest BCUT2D eigenvalue weighted by Crippen LogP contribution is 2.50. The summed E-state index contributed by atoms with van der Waals surface area (Å²) >= 11 is 0. The largest absolute Gasteiger partial charge is 0.494 e. The highest BCUT2D eigenvalue weighted by atomic mass is 16.5. The van der Waals surface area contributed by atoms with Crippen molar-refractivity contribution in [3.63, 3.8) is 0 Å². The number of nitrogens with two attached hydrogens (primary N) is 1. The molecule has 1 aromatic carbocycles. The van der Waals surface area contributed by atoms with Gasteiger partial charge in [-0.05, 0) is 45.0 Å². The lowest BCUT2D eigenvalue weighted by atomic mass is 9.76. The van der Waals surface area contributed by atoms with Crippen LogP contribution in [0.2, 0.25) is 0 Å². The first-order valence-electron chi connectivity index (χ1n) is 9.60. The Balaban J connectivity index is 2.15. The van der Waals surface area contributed by atoms with E-state index in [9.17, 15) is 4.79 Å². The Hall–Kier alpha value is -2.83. The fourth-order valence-corrected chi connectivity index (χ4v) is 4.41. The summed E-state index contributed by atoms with van der Waals surface area (Å²) in [6.45, 7) is 7.27. The lowest BCUT2D eigenvalue weighted by molar-refractivity contribution is 0.0908. The number of hydrogen-bond donors (Lipinski definition) is 3. The summed E-state index contributed by atoms with van der Waals surface area (Å²) in [5.74, 6) is 1.56. The van der Waals surface area contributed by atoms with Crippen LogP contribution in [-0.2, 0) is 5.54 Å². The van der Waals surface area contributed by atoms with Gasteiger partial charge in [0.2, 0.25) is 0 Å². The van der Waals surface area contributed by atoms with Crippen LogP contribution in [0.15, 0.2) is 27.4 Å². The molecule has 1 aromatic rings. The Bertz CT molecular complexity index is 879. The number of nitrogens with one attached hydrogen (secondary N) is 2. The van der Waals surface area contributed by atoms with Gasteiger partial charge >= 0.3 is 0 Å². The van der Waals surface area contributed by atoms with E-state index in [1.807, 2.05) is 19.9 Å². The molecule has 0 unspecified atom stereocenters. The molecule has 3 rings (SSSR count). The fourth-order valence-electron chi connectivity index (χ4n) is 4.41. The van der Waals surface area contributed by atoms with E-state index in [0.29, 0.717) is 23.0 Å². The zero-order valence-electron chi connectivity index (χ0n) is 17.1. The van der Waals surface area contributed by atoms with Gasteiger partial charge in [0.25, 0.3) is 5.91 Å². The fraction of sp³-hybridized carbons (Fsp3) is 0.476. The summed E-state index contributed by atoms with van der Waals surface area (Å²) in [7, 11) is 3.32. The van der Waals surface area contributed by atoms with Crippen LogP contribution in [0.25, 0.3) is 0 Å². The van der Waals surface area contributed by atoms with Crippen LogP contribution < -0.4 is 21.1 Å². The van der Waals surface area contributed by atoms with E-state index in [1.54, 1.807) is 14.2 Å². The van der Waals surface area contributed by atoms with Crippen LogP contribution >= 0.6 is 0 Å². The van der Waals surface area contributed by atoms with Gasteiger partial charge in [-0.1, -0.05) is 19.3 Å². The third kappa shape index (κ3) is 3.15. The van der Waals surface area contributed by atoms with Crippen molar-refractivity contribution >= 4 is 24.1 Å². The molecule has 1 amide bonds. The predicted molar refractivity (Wildman–Crippen MR) is 113 cm³/mol. The molecule has 1 heterocycles. The van der Waals surface area contributed by atoms with Crippen molar-refractivity contribution in [1.82, 2.24) is 5.32 Å². The van der Waals surface area contributed by atoms with E-state index in [-0.39, 0.29) is 11.4 Å². The molecule has 7 heteroatoms. The normalized spacial score (nSPS) is 19.0. The molecular formula is C21H29N5O2. The number of rotatable bonds is 4. The van der Waals surface area contributed by atoms with Gasteiger partial charge in [-0.3, -0.25) is 9.79 Å². The molecule has 0 aromatic heterocycles. The minimum atomic E-state index is -0.353. The van der Waals surface area contributed by atoms with Crippen molar-refractivity contribution in [3.8, 4) is 5.75 Å². The second-order valence-corrected chi connectivity index (χ2v) is 7.49. The molecule has 4 N–H and O–H groups in total. The van der Waals surface area contributed by atoms with Crippen molar-refractivity contribution in [2.24, 2.45) is 15.7 Å². The Morgan fingerprint density at radius 3 is 2.61 bits per heavy atom. The number of aliphatic imine (C=N–C) groups is 2. The molecule has 0 bridgehead atoms. The predicted octanol–water partition coefficient (Wildman–Crippen LogP) is 3.24.